The van der Waals surface area contributed by atoms with Gasteiger partial charge < -0.3 is 10.2 Å². The normalized spacial score (nSPS) is 29.2. The van der Waals surface area contributed by atoms with E-state index >= 15 is 0 Å². The lowest BCUT2D eigenvalue weighted by molar-refractivity contribution is -0.129. The summed E-state index contributed by atoms with van der Waals surface area (Å²) in [4.78, 5) is 13.6. The monoisotopic (exact) mass is 224 g/mol. The van der Waals surface area contributed by atoms with Crippen molar-refractivity contribution in [2.45, 2.75) is 58.5 Å². The van der Waals surface area contributed by atoms with E-state index in [-0.39, 0.29) is 0 Å². The van der Waals surface area contributed by atoms with Crippen LogP contribution >= 0.6 is 0 Å². The molecule has 1 N–H and O–H groups in total. The van der Waals surface area contributed by atoms with Crippen LogP contribution in [0.2, 0.25) is 0 Å². The smallest absolute Gasteiger partial charge is 0.222 e. The van der Waals surface area contributed by atoms with Crippen LogP contribution in [0.4, 0.5) is 0 Å². The summed E-state index contributed by atoms with van der Waals surface area (Å²) in [5.74, 6) is 0.301. The van der Waals surface area contributed by atoms with Crippen molar-refractivity contribution < 1.29 is 4.79 Å². The van der Waals surface area contributed by atoms with Gasteiger partial charge in [-0.05, 0) is 31.6 Å². The number of carbonyl (C=O) groups excluding carboxylic acids is 1. The zero-order valence-corrected chi connectivity index (χ0v) is 10.8. The van der Waals surface area contributed by atoms with E-state index in [1.165, 1.54) is 12.8 Å². The molecule has 3 heteroatoms. The molecule has 2 rings (SSSR count). The van der Waals surface area contributed by atoms with Gasteiger partial charge in [-0.2, -0.15) is 0 Å². The molecule has 2 aliphatic rings. The molecule has 1 saturated heterocycles. The van der Waals surface area contributed by atoms with Gasteiger partial charge in [-0.15, -0.1) is 0 Å². The first-order valence-corrected chi connectivity index (χ1v) is 6.59. The second kappa shape index (κ2) is 4.36. The predicted molar refractivity (Wildman–Crippen MR) is 65.2 cm³/mol. The molecular formula is C13H24N2O. The lowest BCUT2D eigenvalue weighted by atomic mass is 10.00. The minimum Gasteiger partial charge on any atom is -0.341 e. The third-order valence-electron chi connectivity index (χ3n) is 4.41. The Morgan fingerprint density at radius 2 is 2.25 bits per heavy atom. The molecule has 1 aliphatic carbocycles. The lowest BCUT2D eigenvalue weighted by Gasteiger charge is -2.25. The molecular weight excluding hydrogens is 200 g/mol. The van der Waals surface area contributed by atoms with Crippen LogP contribution in [0, 0.1) is 5.41 Å². The Hall–Kier alpha value is -0.570. The molecule has 2 atom stereocenters. The molecule has 1 saturated carbocycles. The van der Waals surface area contributed by atoms with Gasteiger partial charge in [0.1, 0.15) is 0 Å². The van der Waals surface area contributed by atoms with Crippen molar-refractivity contribution in [3.63, 3.8) is 0 Å². The van der Waals surface area contributed by atoms with Gasteiger partial charge in [0.25, 0.3) is 0 Å². The Labute approximate surface area is 98.6 Å². The van der Waals surface area contributed by atoms with Crippen LogP contribution in [-0.2, 0) is 4.79 Å². The molecule has 3 nitrogen and oxygen atoms in total. The Bertz CT molecular complexity index is 273. The second-order valence-corrected chi connectivity index (χ2v) is 5.72. The zero-order valence-electron chi connectivity index (χ0n) is 10.8. The quantitative estimate of drug-likeness (QED) is 0.789. The molecule has 92 valence electrons. The van der Waals surface area contributed by atoms with Gasteiger partial charge in [0, 0.05) is 31.6 Å². The highest BCUT2D eigenvalue weighted by Crippen LogP contribution is 2.48. The summed E-state index contributed by atoms with van der Waals surface area (Å²) in [7, 11) is 0. The molecule has 2 fully saturated rings. The van der Waals surface area contributed by atoms with Crippen molar-refractivity contribution in [2.24, 2.45) is 5.41 Å². The van der Waals surface area contributed by atoms with Crippen molar-refractivity contribution >= 4 is 5.91 Å². The maximum absolute atomic E-state index is 11.6. The highest BCUT2D eigenvalue weighted by Gasteiger charge is 2.43. The minimum atomic E-state index is 0.301. The van der Waals surface area contributed by atoms with Gasteiger partial charge in [-0.3, -0.25) is 4.79 Å². The lowest BCUT2D eigenvalue weighted by Crippen LogP contribution is -2.43. The molecule has 0 aromatic heterocycles. The molecule has 2 unspecified atom stereocenters. The van der Waals surface area contributed by atoms with Crippen molar-refractivity contribution in [3.05, 3.63) is 0 Å². The SMILES string of the molecule is CCC(=O)N1CCC(NC(C)C2(C)CC2)C1. The predicted octanol–water partition coefficient (Wildman–Crippen LogP) is 1.78. The number of nitrogens with one attached hydrogen (secondary N) is 1. The molecule has 1 amide bonds. The molecule has 16 heavy (non-hydrogen) atoms. The number of nitrogens with zero attached hydrogens (tertiary/aromatic N) is 1. The number of rotatable bonds is 4. The van der Waals surface area contributed by atoms with Crippen LogP contribution in [0.25, 0.3) is 0 Å². The van der Waals surface area contributed by atoms with Crippen molar-refractivity contribution in [3.8, 4) is 0 Å². The number of hydrogen-bond acceptors (Lipinski definition) is 2. The zero-order chi connectivity index (χ0) is 11.8. The van der Waals surface area contributed by atoms with Crippen LogP contribution in [-0.4, -0.2) is 36.0 Å². The largest absolute Gasteiger partial charge is 0.341 e. The molecule has 0 bridgehead atoms. The van der Waals surface area contributed by atoms with Crippen LogP contribution in [0.1, 0.15) is 46.5 Å². The average Bonchev–Trinajstić information content (AvgIpc) is 2.86. The summed E-state index contributed by atoms with van der Waals surface area (Å²) < 4.78 is 0. The van der Waals surface area contributed by atoms with Crippen molar-refractivity contribution in [1.29, 1.82) is 0 Å². The van der Waals surface area contributed by atoms with E-state index in [1.54, 1.807) is 0 Å². The number of hydrogen-bond donors (Lipinski definition) is 1. The van der Waals surface area contributed by atoms with Gasteiger partial charge in [0.05, 0.1) is 0 Å². The summed E-state index contributed by atoms with van der Waals surface area (Å²) in [5.41, 5.74) is 0.530. The third-order valence-corrected chi connectivity index (χ3v) is 4.41. The average molecular weight is 224 g/mol. The fraction of sp³-hybridized carbons (Fsp3) is 0.923. The highest BCUT2D eigenvalue weighted by atomic mass is 16.2. The number of carbonyl (C=O) groups is 1. The molecule has 0 radical (unpaired) electrons. The number of amides is 1. The fourth-order valence-corrected chi connectivity index (χ4v) is 2.53. The summed E-state index contributed by atoms with van der Waals surface area (Å²) in [6, 6.07) is 1.11. The van der Waals surface area contributed by atoms with E-state index in [4.69, 9.17) is 0 Å². The Morgan fingerprint density at radius 3 is 2.81 bits per heavy atom. The summed E-state index contributed by atoms with van der Waals surface area (Å²) in [5, 5.41) is 3.70. The van der Waals surface area contributed by atoms with Crippen LogP contribution in [0.3, 0.4) is 0 Å². The highest BCUT2D eigenvalue weighted by molar-refractivity contribution is 5.76. The van der Waals surface area contributed by atoms with Gasteiger partial charge in [-0.25, -0.2) is 0 Å². The number of likely N-dealkylation sites (tertiary alicyclic amines) is 1. The standard InChI is InChI=1S/C13H24N2O/c1-4-12(16)15-8-5-11(9-15)14-10(2)13(3)6-7-13/h10-11,14H,4-9H2,1-3H3. The van der Waals surface area contributed by atoms with E-state index in [0.29, 0.717) is 29.8 Å². The van der Waals surface area contributed by atoms with Crippen LogP contribution in [0.5, 0.6) is 0 Å². The molecule has 1 heterocycles. The topological polar surface area (TPSA) is 32.3 Å². The first-order valence-electron chi connectivity index (χ1n) is 6.59. The Balaban J connectivity index is 1.78. The molecule has 1 aliphatic heterocycles. The minimum absolute atomic E-state index is 0.301. The van der Waals surface area contributed by atoms with E-state index < -0.39 is 0 Å². The molecule has 0 aromatic rings. The van der Waals surface area contributed by atoms with Gasteiger partial charge in [-0.1, -0.05) is 13.8 Å². The summed E-state index contributed by atoms with van der Waals surface area (Å²) in [6.45, 7) is 8.43. The van der Waals surface area contributed by atoms with Crippen molar-refractivity contribution in [1.82, 2.24) is 10.2 Å². The van der Waals surface area contributed by atoms with Gasteiger partial charge in [0.2, 0.25) is 5.91 Å². The fourth-order valence-electron chi connectivity index (χ4n) is 2.53. The Morgan fingerprint density at radius 1 is 1.56 bits per heavy atom. The second-order valence-electron chi connectivity index (χ2n) is 5.72. The van der Waals surface area contributed by atoms with E-state index in [1.807, 2.05) is 11.8 Å². The van der Waals surface area contributed by atoms with Crippen LogP contribution in [0.15, 0.2) is 0 Å². The first-order chi connectivity index (χ1) is 7.55. The summed E-state index contributed by atoms with van der Waals surface area (Å²) in [6.07, 6.45) is 4.46. The Kier molecular flexibility index (Phi) is 3.24. The van der Waals surface area contributed by atoms with Crippen LogP contribution < -0.4 is 5.32 Å². The molecule has 0 aromatic carbocycles. The third kappa shape index (κ3) is 2.40. The van der Waals surface area contributed by atoms with Gasteiger partial charge >= 0.3 is 0 Å². The first kappa shape index (κ1) is 11.9. The van der Waals surface area contributed by atoms with E-state index in [9.17, 15) is 4.79 Å². The summed E-state index contributed by atoms with van der Waals surface area (Å²) >= 11 is 0. The van der Waals surface area contributed by atoms with Gasteiger partial charge in [0.15, 0.2) is 0 Å². The van der Waals surface area contributed by atoms with Crippen molar-refractivity contribution in [2.75, 3.05) is 13.1 Å². The molecule has 0 spiro atoms. The van der Waals surface area contributed by atoms with E-state index in [2.05, 4.69) is 19.2 Å². The maximum Gasteiger partial charge on any atom is 0.222 e. The maximum atomic E-state index is 11.6. The van der Waals surface area contributed by atoms with E-state index in [0.717, 1.165) is 19.5 Å².